The highest BCUT2D eigenvalue weighted by atomic mass is 16.5. The molecule has 2 aliphatic rings. The topological polar surface area (TPSA) is 93.2 Å². The Balaban J connectivity index is 0.988. The SMILES string of the molecule is O=C1C=CC(=O)N1c1ccc(Oc2ccc(CCc3ccc(Oc4ccc(N5C(=O)C=CC5=O)cc4)cc3)cc2)cc1. The van der Waals surface area contributed by atoms with Crippen LogP contribution in [0.3, 0.4) is 0 Å². The lowest BCUT2D eigenvalue weighted by Crippen LogP contribution is -2.29. The third-order valence-electron chi connectivity index (χ3n) is 6.83. The van der Waals surface area contributed by atoms with Crippen molar-refractivity contribution in [2.24, 2.45) is 0 Å². The maximum Gasteiger partial charge on any atom is 0.258 e. The normalized spacial score (nSPS) is 14.3. The number of ether oxygens (including phenoxy) is 2. The van der Waals surface area contributed by atoms with E-state index in [4.69, 9.17) is 9.47 Å². The first-order valence-electron chi connectivity index (χ1n) is 13.3. The zero-order chi connectivity index (χ0) is 29.1. The van der Waals surface area contributed by atoms with Gasteiger partial charge in [-0.05, 0) is 96.8 Å². The van der Waals surface area contributed by atoms with Crippen molar-refractivity contribution in [3.63, 3.8) is 0 Å². The van der Waals surface area contributed by atoms with Crippen molar-refractivity contribution in [3.05, 3.63) is 132 Å². The molecule has 0 radical (unpaired) electrons. The van der Waals surface area contributed by atoms with Crippen LogP contribution in [-0.4, -0.2) is 23.6 Å². The molecule has 0 saturated carbocycles. The first kappa shape index (κ1) is 26.5. The van der Waals surface area contributed by atoms with E-state index in [1.54, 1.807) is 48.5 Å². The van der Waals surface area contributed by atoms with E-state index in [-0.39, 0.29) is 23.6 Å². The van der Waals surface area contributed by atoms with Gasteiger partial charge in [-0.3, -0.25) is 19.2 Å². The number of benzene rings is 4. The number of imide groups is 2. The summed E-state index contributed by atoms with van der Waals surface area (Å²) in [5, 5.41) is 0. The van der Waals surface area contributed by atoms with Crippen LogP contribution in [0.4, 0.5) is 11.4 Å². The molecule has 0 aliphatic carbocycles. The molecule has 0 spiro atoms. The minimum Gasteiger partial charge on any atom is -0.457 e. The van der Waals surface area contributed by atoms with Gasteiger partial charge in [-0.1, -0.05) is 24.3 Å². The molecule has 0 aromatic heterocycles. The van der Waals surface area contributed by atoms with Gasteiger partial charge in [-0.25, -0.2) is 9.80 Å². The second kappa shape index (κ2) is 11.4. The van der Waals surface area contributed by atoms with Crippen LogP contribution < -0.4 is 19.3 Å². The quantitative estimate of drug-likeness (QED) is 0.238. The minimum absolute atomic E-state index is 0.355. The van der Waals surface area contributed by atoms with Crippen molar-refractivity contribution in [2.75, 3.05) is 9.80 Å². The predicted octanol–water partition coefficient (Wildman–Crippen LogP) is 5.92. The molecule has 0 atom stereocenters. The molecular formula is C34H24N2O6. The molecule has 8 heteroatoms. The first-order chi connectivity index (χ1) is 20.4. The molecule has 8 nitrogen and oxygen atoms in total. The molecule has 2 aliphatic heterocycles. The Labute approximate surface area is 241 Å². The van der Waals surface area contributed by atoms with Gasteiger partial charge in [0, 0.05) is 24.3 Å². The maximum absolute atomic E-state index is 11.8. The Kier molecular flexibility index (Phi) is 7.17. The number of rotatable bonds is 9. The Bertz CT molecular complexity index is 1550. The van der Waals surface area contributed by atoms with Gasteiger partial charge in [0.1, 0.15) is 23.0 Å². The van der Waals surface area contributed by atoms with Crippen molar-refractivity contribution >= 4 is 35.0 Å². The van der Waals surface area contributed by atoms with Gasteiger partial charge in [-0.2, -0.15) is 0 Å². The molecule has 0 saturated heterocycles. The Hall–Kier alpha value is -5.76. The van der Waals surface area contributed by atoms with E-state index in [1.807, 2.05) is 48.5 Å². The molecule has 4 amide bonds. The second-order valence-electron chi connectivity index (χ2n) is 9.67. The molecule has 6 rings (SSSR count). The zero-order valence-corrected chi connectivity index (χ0v) is 22.3. The number of nitrogens with zero attached hydrogens (tertiary/aromatic N) is 2. The molecule has 4 aromatic rings. The molecule has 42 heavy (non-hydrogen) atoms. The van der Waals surface area contributed by atoms with E-state index >= 15 is 0 Å². The summed E-state index contributed by atoms with van der Waals surface area (Å²) in [4.78, 5) is 49.6. The summed E-state index contributed by atoms with van der Waals surface area (Å²) in [6.07, 6.45) is 6.72. The van der Waals surface area contributed by atoms with Gasteiger partial charge in [0.2, 0.25) is 0 Å². The number of anilines is 2. The van der Waals surface area contributed by atoms with Crippen LogP contribution in [0.15, 0.2) is 121 Å². The van der Waals surface area contributed by atoms with E-state index < -0.39 is 0 Å². The summed E-state index contributed by atoms with van der Waals surface area (Å²) in [5.41, 5.74) is 3.34. The summed E-state index contributed by atoms with van der Waals surface area (Å²) in [6, 6.07) is 29.4. The number of amides is 4. The van der Waals surface area contributed by atoms with Gasteiger partial charge in [-0.15, -0.1) is 0 Å². The van der Waals surface area contributed by atoms with Crippen LogP contribution in [0.2, 0.25) is 0 Å². The lowest BCUT2D eigenvalue weighted by atomic mass is 10.0. The highest BCUT2D eigenvalue weighted by molar-refractivity contribution is 6.28. The molecule has 0 bridgehead atoms. The van der Waals surface area contributed by atoms with E-state index in [2.05, 4.69) is 0 Å². The third kappa shape index (κ3) is 5.73. The number of hydrogen-bond acceptors (Lipinski definition) is 6. The van der Waals surface area contributed by atoms with Crippen molar-refractivity contribution < 1.29 is 28.7 Å². The van der Waals surface area contributed by atoms with Crippen LogP contribution in [0, 0.1) is 0 Å². The van der Waals surface area contributed by atoms with Crippen molar-refractivity contribution in [2.45, 2.75) is 12.8 Å². The van der Waals surface area contributed by atoms with Gasteiger partial charge >= 0.3 is 0 Å². The van der Waals surface area contributed by atoms with E-state index in [9.17, 15) is 19.2 Å². The second-order valence-corrected chi connectivity index (χ2v) is 9.67. The number of carbonyl (C=O) groups excluding carboxylic acids is 4. The molecule has 206 valence electrons. The van der Waals surface area contributed by atoms with E-state index in [0.717, 1.165) is 22.6 Å². The predicted molar refractivity (Wildman–Crippen MR) is 157 cm³/mol. The standard InChI is InChI=1S/C34H24N2O6/c37-31-19-20-32(38)35(31)25-7-15-29(16-8-25)41-27-11-3-23(4-12-27)1-2-24-5-13-28(14-6-24)42-30-17-9-26(10-18-30)36-33(39)21-22-34(36)40/h3-22H,1-2H2. The molecule has 4 aromatic carbocycles. The molecule has 0 fully saturated rings. The monoisotopic (exact) mass is 556 g/mol. The lowest BCUT2D eigenvalue weighted by molar-refractivity contribution is -0.121. The van der Waals surface area contributed by atoms with Crippen molar-refractivity contribution in [1.82, 2.24) is 0 Å². The summed E-state index contributed by atoms with van der Waals surface area (Å²) < 4.78 is 11.8. The molecule has 0 N–H and O–H groups in total. The third-order valence-corrected chi connectivity index (χ3v) is 6.83. The average Bonchev–Trinajstić information content (AvgIpc) is 3.53. The maximum atomic E-state index is 11.8. The highest BCUT2D eigenvalue weighted by Crippen LogP contribution is 2.28. The summed E-state index contributed by atoms with van der Waals surface area (Å²) >= 11 is 0. The smallest absolute Gasteiger partial charge is 0.258 e. The fourth-order valence-electron chi connectivity index (χ4n) is 4.65. The Morgan fingerprint density at radius 3 is 0.929 bits per heavy atom. The molecule has 0 unspecified atom stereocenters. The number of aryl methyl sites for hydroxylation is 2. The van der Waals surface area contributed by atoms with Gasteiger partial charge in [0.15, 0.2) is 0 Å². The fraction of sp³-hybridized carbons (Fsp3) is 0.0588. The van der Waals surface area contributed by atoms with Crippen LogP contribution in [0.1, 0.15) is 11.1 Å². The summed E-state index contributed by atoms with van der Waals surface area (Å²) in [6.45, 7) is 0. The van der Waals surface area contributed by atoms with Crippen LogP contribution in [-0.2, 0) is 32.0 Å². The number of carbonyl (C=O) groups is 4. The van der Waals surface area contributed by atoms with Gasteiger partial charge in [0.05, 0.1) is 11.4 Å². The fourth-order valence-corrected chi connectivity index (χ4v) is 4.65. The van der Waals surface area contributed by atoms with Crippen LogP contribution >= 0.6 is 0 Å². The zero-order valence-electron chi connectivity index (χ0n) is 22.3. The summed E-state index contributed by atoms with van der Waals surface area (Å²) in [7, 11) is 0. The van der Waals surface area contributed by atoms with Gasteiger partial charge in [0.25, 0.3) is 23.6 Å². The highest BCUT2D eigenvalue weighted by Gasteiger charge is 2.25. The van der Waals surface area contributed by atoms with E-state index in [0.29, 0.717) is 34.4 Å². The lowest BCUT2D eigenvalue weighted by Gasteiger charge is -2.14. The van der Waals surface area contributed by atoms with Gasteiger partial charge < -0.3 is 9.47 Å². The van der Waals surface area contributed by atoms with Crippen molar-refractivity contribution in [1.29, 1.82) is 0 Å². The number of hydrogen-bond donors (Lipinski definition) is 0. The Morgan fingerprint density at radius 1 is 0.381 bits per heavy atom. The Morgan fingerprint density at radius 2 is 0.643 bits per heavy atom. The molecular weight excluding hydrogens is 532 g/mol. The summed E-state index contributed by atoms with van der Waals surface area (Å²) in [5.74, 6) is 1.16. The van der Waals surface area contributed by atoms with E-state index in [1.165, 1.54) is 35.4 Å². The van der Waals surface area contributed by atoms with Crippen LogP contribution in [0.5, 0.6) is 23.0 Å². The molecule has 2 heterocycles. The largest absolute Gasteiger partial charge is 0.457 e. The van der Waals surface area contributed by atoms with Crippen LogP contribution in [0.25, 0.3) is 0 Å². The van der Waals surface area contributed by atoms with Crippen molar-refractivity contribution in [3.8, 4) is 23.0 Å². The first-order valence-corrected chi connectivity index (χ1v) is 13.3. The minimum atomic E-state index is -0.355. The average molecular weight is 557 g/mol.